The SMILES string of the molecule is CCNC(=O)CNC(=O)CN[C@H](c1ccc(C(C)C)cc1)c1cccs1. The van der Waals surface area contributed by atoms with Gasteiger partial charge in [0, 0.05) is 11.4 Å². The van der Waals surface area contributed by atoms with Gasteiger partial charge in [-0.25, -0.2) is 0 Å². The van der Waals surface area contributed by atoms with Gasteiger partial charge in [-0.2, -0.15) is 0 Å². The molecule has 6 heteroatoms. The molecule has 1 aromatic carbocycles. The first-order chi connectivity index (χ1) is 12.5. The molecule has 0 fully saturated rings. The van der Waals surface area contributed by atoms with Crippen LogP contribution in [0.25, 0.3) is 0 Å². The normalized spacial score (nSPS) is 12.0. The fourth-order valence-corrected chi connectivity index (χ4v) is 3.43. The maximum Gasteiger partial charge on any atom is 0.239 e. The van der Waals surface area contributed by atoms with Crippen molar-refractivity contribution < 1.29 is 9.59 Å². The Morgan fingerprint density at radius 1 is 0.962 bits per heavy atom. The Labute approximate surface area is 159 Å². The highest BCUT2D eigenvalue weighted by molar-refractivity contribution is 7.10. The zero-order valence-corrected chi connectivity index (χ0v) is 16.4. The highest BCUT2D eigenvalue weighted by atomic mass is 32.1. The molecule has 0 spiro atoms. The second-order valence-corrected chi connectivity index (χ2v) is 7.36. The standard InChI is InChI=1S/C20H27N3O2S/c1-4-21-18(24)12-22-19(25)13-23-20(17-6-5-11-26-17)16-9-7-15(8-10-16)14(2)3/h5-11,14,20,23H,4,12-13H2,1-3H3,(H,21,24)(H,22,25)/t20-/m1/s1. The summed E-state index contributed by atoms with van der Waals surface area (Å²) in [6.45, 7) is 6.89. The number of amides is 2. The van der Waals surface area contributed by atoms with E-state index in [1.165, 1.54) is 5.56 Å². The molecule has 0 bridgehead atoms. The molecular weight excluding hydrogens is 346 g/mol. The first kappa shape index (κ1) is 20.1. The molecule has 0 aliphatic heterocycles. The largest absolute Gasteiger partial charge is 0.355 e. The van der Waals surface area contributed by atoms with Gasteiger partial charge in [0.15, 0.2) is 0 Å². The van der Waals surface area contributed by atoms with E-state index in [9.17, 15) is 9.59 Å². The second kappa shape index (κ2) is 10.1. The Morgan fingerprint density at radius 2 is 1.62 bits per heavy atom. The molecule has 2 aromatic rings. The lowest BCUT2D eigenvalue weighted by atomic mass is 9.98. The molecular formula is C20H27N3O2S. The molecule has 140 valence electrons. The lowest BCUT2D eigenvalue weighted by molar-refractivity contribution is -0.125. The van der Waals surface area contributed by atoms with E-state index in [0.29, 0.717) is 12.5 Å². The fraction of sp³-hybridized carbons (Fsp3) is 0.400. The van der Waals surface area contributed by atoms with E-state index in [2.05, 4.69) is 60.1 Å². The van der Waals surface area contributed by atoms with Crippen molar-refractivity contribution >= 4 is 23.2 Å². The van der Waals surface area contributed by atoms with Crippen LogP contribution in [0.3, 0.4) is 0 Å². The van der Waals surface area contributed by atoms with Crippen LogP contribution >= 0.6 is 11.3 Å². The lowest BCUT2D eigenvalue weighted by Crippen LogP contribution is -2.41. The summed E-state index contributed by atoms with van der Waals surface area (Å²) < 4.78 is 0. The van der Waals surface area contributed by atoms with Crippen molar-refractivity contribution in [2.45, 2.75) is 32.7 Å². The Morgan fingerprint density at radius 3 is 2.19 bits per heavy atom. The van der Waals surface area contributed by atoms with Crippen LogP contribution in [0.1, 0.15) is 48.7 Å². The van der Waals surface area contributed by atoms with Crippen molar-refractivity contribution in [3.05, 3.63) is 57.8 Å². The van der Waals surface area contributed by atoms with E-state index >= 15 is 0 Å². The van der Waals surface area contributed by atoms with E-state index in [-0.39, 0.29) is 30.9 Å². The van der Waals surface area contributed by atoms with Crippen LogP contribution in [0, 0.1) is 0 Å². The molecule has 3 N–H and O–H groups in total. The van der Waals surface area contributed by atoms with Gasteiger partial charge in [-0.3, -0.25) is 14.9 Å². The molecule has 0 unspecified atom stereocenters. The summed E-state index contributed by atoms with van der Waals surface area (Å²) in [5.74, 6) is 0.105. The third kappa shape index (κ3) is 5.97. The van der Waals surface area contributed by atoms with Crippen molar-refractivity contribution in [2.24, 2.45) is 0 Å². The summed E-state index contributed by atoms with van der Waals surface area (Å²) in [6, 6.07) is 12.5. The van der Waals surface area contributed by atoms with Gasteiger partial charge in [0.2, 0.25) is 11.8 Å². The van der Waals surface area contributed by atoms with E-state index in [4.69, 9.17) is 0 Å². The van der Waals surface area contributed by atoms with Gasteiger partial charge < -0.3 is 10.6 Å². The Kier molecular flexibility index (Phi) is 7.81. The number of benzene rings is 1. The van der Waals surface area contributed by atoms with Gasteiger partial charge in [-0.05, 0) is 35.4 Å². The number of hydrogen-bond acceptors (Lipinski definition) is 4. The number of hydrogen-bond donors (Lipinski definition) is 3. The number of rotatable bonds is 9. The average Bonchev–Trinajstić information content (AvgIpc) is 3.15. The van der Waals surface area contributed by atoms with Crippen LogP contribution in [0.15, 0.2) is 41.8 Å². The van der Waals surface area contributed by atoms with Crippen molar-refractivity contribution in [2.75, 3.05) is 19.6 Å². The Hall–Kier alpha value is -2.18. The quantitative estimate of drug-likeness (QED) is 0.633. The molecule has 1 atom stereocenters. The predicted octanol–water partition coefficient (Wildman–Crippen LogP) is 2.80. The maximum absolute atomic E-state index is 12.1. The topological polar surface area (TPSA) is 70.2 Å². The minimum absolute atomic E-state index is 0.00110. The summed E-state index contributed by atoms with van der Waals surface area (Å²) in [4.78, 5) is 24.6. The summed E-state index contributed by atoms with van der Waals surface area (Å²) in [6.07, 6.45) is 0. The first-order valence-corrected chi connectivity index (χ1v) is 9.79. The van der Waals surface area contributed by atoms with Crippen LogP contribution in [-0.4, -0.2) is 31.4 Å². The van der Waals surface area contributed by atoms with Crippen LogP contribution in [-0.2, 0) is 9.59 Å². The number of thiophene rings is 1. The van der Waals surface area contributed by atoms with Gasteiger partial charge in [-0.1, -0.05) is 44.2 Å². The number of likely N-dealkylation sites (N-methyl/N-ethyl adjacent to an activating group) is 1. The summed E-state index contributed by atoms with van der Waals surface area (Å²) in [5.41, 5.74) is 2.41. The van der Waals surface area contributed by atoms with Crippen LogP contribution in [0.5, 0.6) is 0 Å². The molecule has 0 saturated heterocycles. The number of nitrogens with one attached hydrogen (secondary N) is 3. The monoisotopic (exact) mass is 373 g/mol. The maximum atomic E-state index is 12.1. The zero-order valence-electron chi connectivity index (χ0n) is 15.5. The molecule has 1 aromatic heterocycles. The summed E-state index contributed by atoms with van der Waals surface area (Å²) in [7, 11) is 0. The van der Waals surface area contributed by atoms with Gasteiger partial charge >= 0.3 is 0 Å². The highest BCUT2D eigenvalue weighted by Gasteiger charge is 2.16. The van der Waals surface area contributed by atoms with Crippen molar-refractivity contribution in [3.8, 4) is 0 Å². The van der Waals surface area contributed by atoms with Crippen LogP contribution < -0.4 is 16.0 Å². The Bertz CT molecular complexity index is 696. The lowest BCUT2D eigenvalue weighted by Gasteiger charge is -2.19. The molecule has 0 saturated carbocycles. The molecule has 5 nitrogen and oxygen atoms in total. The Balaban J connectivity index is 2.00. The molecule has 0 aliphatic carbocycles. The van der Waals surface area contributed by atoms with Crippen molar-refractivity contribution in [1.29, 1.82) is 0 Å². The minimum Gasteiger partial charge on any atom is -0.355 e. The third-order valence-electron chi connectivity index (χ3n) is 4.05. The van der Waals surface area contributed by atoms with Gasteiger partial charge in [0.1, 0.15) is 0 Å². The molecule has 0 aliphatic rings. The highest BCUT2D eigenvalue weighted by Crippen LogP contribution is 2.27. The van der Waals surface area contributed by atoms with Gasteiger partial charge in [0.05, 0.1) is 19.1 Å². The summed E-state index contributed by atoms with van der Waals surface area (Å²) in [5, 5.41) is 10.6. The summed E-state index contributed by atoms with van der Waals surface area (Å²) >= 11 is 1.65. The van der Waals surface area contributed by atoms with Crippen LogP contribution in [0.2, 0.25) is 0 Å². The van der Waals surface area contributed by atoms with Crippen molar-refractivity contribution in [1.82, 2.24) is 16.0 Å². The molecule has 2 rings (SSSR count). The molecule has 0 radical (unpaired) electrons. The van der Waals surface area contributed by atoms with E-state index < -0.39 is 0 Å². The van der Waals surface area contributed by atoms with E-state index in [0.717, 1.165) is 10.4 Å². The number of carbonyl (C=O) groups excluding carboxylic acids is 2. The van der Waals surface area contributed by atoms with Crippen molar-refractivity contribution in [3.63, 3.8) is 0 Å². The first-order valence-electron chi connectivity index (χ1n) is 8.91. The average molecular weight is 374 g/mol. The van der Waals surface area contributed by atoms with E-state index in [1.807, 2.05) is 18.4 Å². The predicted molar refractivity (Wildman–Crippen MR) is 106 cm³/mol. The van der Waals surface area contributed by atoms with Crippen LogP contribution in [0.4, 0.5) is 0 Å². The molecule has 2 amide bonds. The smallest absolute Gasteiger partial charge is 0.239 e. The second-order valence-electron chi connectivity index (χ2n) is 6.38. The fourth-order valence-electron chi connectivity index (χ4n) is 2.61. The minimum atomic E-state index is -0.198. The number of carbonyl (C=O) groups is 2. The zero-order chi connectivity index (χ0) is 18.9. The molecule has 1 heterocycles. The van der Waals surface area contributed by atoms with Gasteiger partial charge in [-0.15, -0.1) is 11.3 Å². The third-order valence-corrected chi connectivity index (χ3v) is 4.99. The molecule has 26 heavy (non-hydrogen) atoms. The van der Waals surface area contributed by atoms with E-state index in [1.54, 1.807) is 11.3 Å². The van der Waals surface area contributed by atoms with Gasteiger partial charge in [0.25, 0.3) is 0 Å².